The molecule has 0 aliphatic rings. The Morgan fingerprint density at radius 2 is 1.67 bits per heavy atom. The van der Waals surface area contributed by atoms with Crippen molar-refractivity contribution >= 4 is 23.1 Å². The van der Waals surface area contributed by atoms with Crippen molar-refractivity contribution in [2.45, 2.75) is 0 Å². The van der Waals surface area contributed by atoms with Gasteiger partial charge in [-0.2, -0.15) is 0 Å². The van der Waals surface area contributed by atoms with E-state index in [-0.39, 0.29) is 11.3 Å². The van der Waals surface area contributed by atoms with Crippen molar-refractivity contribution in [2.24, 2.45) is 0 Å². The van der Waals surface area contributed by atoms with E-state index in [1.165, 1.54) is 24.3 Å². The molecule has 92 valence electrons. The van der Waals surface area contributed by atoms with Gasteiger partial charge in [0, 0.05) is 10.6 Å². The molecule has 2 aromatic carbocycles. The molecule has 0 heterocycles. The van der Waals surface area contributed by atoms with Gasteiger partial charge in [-0.15, -0.1) is 0 Å². The lowest BCUT2D eigenvalue weighted by molar-refractivity contribution is 0.103. The molecule has 0 bridgehead atoms. The molecule has 0 spiro atoms. The Morgan fingerprint density at radius 1 is 1.06 bits per heavy atom. The summed E-state index contributed by atoms with van der Waals surface area (Å²) >= 11 is 5.67. The predicted molar refractivity (Wildman–Crippen MR) is 65.7 cm³/mol. The van der Waals surface area contributed by atoms with Crippen molar-refractivity contribution in [3.05, 3.63) is 64.2 Å². The van der Waals surface area contributed by atoms with Crippen LogP contribution in [0.2, 0.25) is 5.02 Å². The third-order valence-electron chi connectivity index (χ3n) is 2.45. The zero-order chi connectivity index (χ0) is 13.3. The highest BCUT2D eigenvalue weighted by Gasteiger charge is 2.20. The number of carbonyl (C=O) groups is 1. The molecule has 0 saturated heterocycles. The van der Waals surface area contributed by atoms with Crippen LogP contribution in [0.3, 0.4) is 0 Å². The van der Waals surface area contributed by atoms with Crippen molar-refractivity contribution in [1.82, 2.24) is 0 Å². The lowest BCUT2D eigenvalue weighted by atomic mass is 10.0. The van der Waals surface area contributed by atoms with Gasteiger partial charge >= 0.3 is 0 Å². The number of nitrogens with two attached hydrogens (primary N) is 1. The lowest BCUT2D eigenvalue weighted by Crippen LogP contribution is -2.09. The Labute approximate surface area is 107 Å². The van der Waals surface area contributed by atoms with Crippen LogP contribution >= 0.6 is 11.6 Å². The molecule has 2 nitrogen and oxygen atoms in total. The average Bonchev–Trinajstić information content (AvgIpc) is 2.35. The van der Waals surface area contributed by atoms with Gasteiger partial charge in [-0.25, -0.2) is 8.78 Å². The zero-order valence-corrected chi connectivity index (χ0v) is 9.84. The summed E-state index contributed by atoms with van der Waals surface area (Å²) < 4.78 is 27.2. The first-order valence-corrected chi connectivity index (χ1v) is 5.42. The first kappa shape index (κ1) is 12.5. The second-order valence-corrected chi connectivity index (χ2v) is 4.10. The third kappa shape index (κ3) is 2.19. The SMILES string of the molecule is Nc1ccc(F)c(C(=O)c2ccc(Cl)cc2)c1F. The summed E-state index contributed by atoms with van der Waals surface area (Å²) in [7, 11) is 0. The van der Waals surface area contributed by atoms with Gasteiger partial charge in [-0.05, 0) is 36.4 Å². The van der Waals surface area contributed by atoms with Crippen LogP contribution in [-0.4, -0.2) is 5.78 Å². The molecule has 0 aliphatic carbocycles. The number of hydrogen-bond acceptors (Lipinski definition) is 2. The quantitative estimate of drug-likeness (QED) is 0.669. The number of anilines is 1. The molecule has 0 aromatic heterocycles. The van der Waals surface area contributed by atoms with Crippen molar-refractivity contribution in [3.63, 3.8) is 0 Å². The Morgan fingerprint density at radius 3 is 2.28 bits per heavy atom. The largest absolute Gasteiger partial charge is 0.396 e. The van der Waals surface area contributed by atoms with Crippen LogP contribution in [0.25, 0.3) is 0 Å². The number of hydrogen-bond donors (Lipinski definition) is 1. The van der Waals surface area contributed by atoms with Crippen molar-refractivity contribution in [2.75, 3.05) is 5.73 Å². The smallest absolute Gasteiger partial charge is 0.199 e. The first-order valence-electron chi connectivity index (χ1n) is 5.04. The minimum absolute atomic E-state index is 0.141. The van der Waals surface area contributed by atoms with Crippen LogP contribution in [0.15, 0.2) is 36.4 Å². The molecule has 2 rings (SSSR count). The summed E-state index contributed by atoms with van der Waals surface area (Å²) in [6, 6.07) is 7.76. The van der Waals surface area contributed by atoms with Crippen LogP contribution in [0.1, 0.15) is 15.9 Å². The fourth-order valence-electron chi connectivity index (χ4n) is 1.52. The standard InChI is InChI=1S/C13H8ClF2NO/c14-8-3-1-7(2-4-8)13(18)11-9(15)5-6-10(17)12(11)16/h1-6H,17H2. The zero-order valence-electron chi connectivity index (χ0n) is 9.08. The molecular formula is C13H8ClF2NO. The van der Waals surface area contributed by atoms with Gasteiger partial charge in [-0.1, -0.05) is 11.6 Å². The van der Waals surface area contributed by atoms with Gasteiger partial charge in [0.05, 0.1) is 11.3 Å². The van der Waals surface area contributed by atoms with E-state index in [0.717, 1.165) is 12.1 Å². The van der Waals surface area contributed by atoms with Gasteiger partial charge in [0.2, 0.25) is 0 Å². The Kier molecular flexibility index (Phi) is 3.30. The molecule has 2 aromatic rings. The molecule has 0 amide bonds. The summed E-state index contributed by atoms with van der Waals surface area (Å²) in [5.41, 5.74) is 4.53. The monoisotopic (exact) mass is 267 g/mol. The van der Waals surface area contributed by atoms with E-state index < -0.39 is 23.0 Å². The van der Waals surface area contributed by atoms with E-state index in [2.05, 4.69) is 0 Å². The Hall–Kier alpha value is -1.94. The normalized spacial score (nSPS) is 10.4. The molecule has 0 unspecified atom stereocenters. The number of benzene rings is 2. The van der Waals surface area contributed by atoms with Crippen LogP contribution in [-0.2, 0) is 0 Å². The van der Waals surface area contributed by atoms with Gasteiger partial charge < -0.3 is 5.73 Å². The van der Waals surface area contributed by atoms with Crippen LogP contribution in [0.4, 0.5) is 14.5 Å². The maximum absolute atomic E-state index is 13.7. The number of ketones is 1. The van der Waals surface area contributed by atoms with E-state index >= 15 is 0 Å². The van der Waals surface area contributed by atoms with Crippen LogP contribution in [0.5, 0.6) is 0 Å². The number of rotatable bonds is 2. The molecule has 0 radical (unpaired) electrons. The minimum Gasteiger partial charge on any atom is -0.396 e. The third-order valence-corrected chi connectivity index (χ3v) is 2.71. The summed E-state index contributed by atoms with van der Waals surface area (Å²) in [6.45, 7) is 0. The van der Waals surface area contributed by atoms with Crippen LogP contribution < -0.4 is 5.73 Å². The van der Waals surface area contributed by atoms with E-state index in [1.54, 1.807) is 0 Å². The number of halogens is 3. The van der Waals surface area contributed by atoms with Gasteiger partial charge in [-0.3, -0.25) is 4.79 Å². The summed E-state index contributed by atoms with van der Waals surface area (Å²) in [5.74, 6) is -2.76. The van der Waals surface area contributed by atoms with Crippen molar-refractivity contribution in [1.29, 1.82) is 0 Å². The van der Waals surface area contributed by atoms with Crippen molar-refractivity contribution in [3.8, 4) is 0 Å². The molecule has 0 saturated carbocycles. The molecule has 18 heavy (non-hydrogen) atoms. The maximum atomic E-state index is 13.7. The fourth-order valence-corrected chi connectivity index (χ4v) is 1.65. The van der Waals surface area contributed by atoms with E-state index in [1.807, 2.05) is 0 Å². The lowest BCUT2D eigenvalue weighted by Gasteiger charge is -2.06. The topological polar surface area (TPSA) is 43.1 Å². The maximum Gasteiger partial charge on any atom is 0.199 e. The van der Waals surface area contributed by atoms with Gasteiger partial charge in [0.15, 0.2) is 11.6 Å². The average molecular weight is 268 g/mol. The predicted octanol–water partition coefficient (Wildman–Crippen LogP) is 3.43. The molecule has 2 N–H and O–H groups in total. The molecule has 5 heteroatoms. The minimum atomic E-state index is -1.05. The van der Waals surface area contributed by atoms with Gasteiger partial charge in [0.25, 0.3) is 0 Å². The number of nitrogen functional groups attached to an aromatic ring is 1. The van der Waals surface area contributed by atoms with Crippen LogP contribution in [0, 0.1) is 11.6 Å². The van der Waals surface area contributed by atoms with E-state index in [0.29, 0.717) is 5.02 Å². The second kappa shape index (κ2) is 4.74. The van der Waals surface area contributed by atoms with Gasteiger partial charge in [0.1, 0.15) is 5.82 Å². The van der Waals surface area contributed by atoms with E-state index in [9.17, 15) is 13.6 Å². The first-order chi connectivity index (χ1) is 8.50. The van der Waals surface area contributed by atoms with E-state index in [4.69, 9.17) is 17.3 Å². The highest BCUT2D eigenvalue weighted by Crippen LogP contribution is 2.22. The Balaban J connectivity index is 2.52. The molecular weight excluding hydrogens is 260 g/mol. The highest BCUT2D eigenvalue weighted by atomic mass is 35.5. The second-order valence-electron chi connectivity index (χ2n) is 3.66. The molecule has 0 atom stereocenters. The molecule has 0 aliphatic heterocycles. The Bertz CT molecular complexity index is 611. The summed E-state index contributed by atoms with van der Waals surface area (Å²) in [6.07, 6.45) is 0. The molecule has 0 fully saturated rings. The fraction of sp³-hybridized carbons (Fsp3) is 0. The number of carbonyl (C=O) groups excluding carboxylic acids is 1. The summed E-state index contributed by atoms with van der Waals surface area (Å²) in [5, 5.41) is 0.431. The summed E-state index contributed by atoms with van der Waals surface area (Å²) in [4.78, 5) is 12.0. The van der Waals surface area contributed by atoms with Crippen molar-refractivity contribution < 1.29 is 13.6 Å². The highest BCUT2D eigenvalue weighted by molar-refractivity contribution is 6.30.